The summed E-state index contributed by atoms with van der Waals surface area (Å²) in [6.45, 7) is 3.18. The second kappa shape index (κ2) is 6.53. The van der Waals surface area contributed by atoms with Crippen molar-refractivity contribution in [3.63, 3.8) is 0 Å². The van der Waals surface area contributed by atoms with Crippen LogP contribution in [0.5, 0.6) is 0 Å². The van der Waals surface area contributed by atoms with Crippen molar-refractivity contribution >= 4 is 16.9 Å². The summed E-state index contributed by atoms with van der Waals surface area (Å²) in [5.41, 5.74) is 2.89. The van der Waals surface area contributed by atoms with Crippen molar-refractivity contribution in [1.29, 1.82) is 0 Å². The first-order valence-corrected chi connectivity index (χ1v) is 9.94. The van der Waals surface area contributed by atoms with Gasteiger partial charge in [-0.2, -0.15) is 0 Å². The average Bonchev–Trinajstić information content (AvgIpc) is 3.36. The molecule has 1 aromatic carbocycles. The molecule has 2 aliphatic rings. The van der Waals surface area contributed by atoms with E-state index in [2.05, 4.69) is 27.4 Å². The van der Waals surface area contributed by atoms with Crippen LogP contribution in [0.15, 0.2) is 72.0 Å². The standard InChI is InChI=1S/C21H19FN4S/c1-14-13-26-20(19(24-21(26)27-14)17-8-2-3-10-23-17)18-9-5-11-25(18)16-7-4-6-15(22)12-16/h2-12,14,19-20H,13H2,1H3/t14-,19-,20-/m0/s1. The zero-order valence-electron chi connectivity index (χ0n) is 14.9. The summed E-state index contributed by atoms with van der Waals surface area (Å²) in [5.74, 6) is -0.234. The first kappa shape index (κ1) is 16.6. The molecule has 5 rings (SSSR count). The lowest BCUT2D eigenvalue weighted by atomic mass is 10.0. The van der Waals surface area contributed by atoms with Crippen LogP contribution < -0.4 is 0 Å². The Balaban J connectivity index is 1.62. The van der Waals surface area contributed by atoms with E-state index in [1.54, 1.807) is 12.1 Å². The summed E-state index contributed by atoms with van der Waals surface area (Å²) < 4.78 is 15.9. The zero-order chi connectivity index (χ0) is 18.4. The maximum atomic E-state index is 13.8. The van der Waals surface area contributed by atoms with Crippen LogP contribution in [-0.4, -0.2) is 31.4 Å². The number of aliphatic imine (C=N–C) groups is 1. The van der Waals surface area contributed by atoms with Gasteiger partial charge in [0, 0.05) is 35.6 Å². The number of nitrogens with zero attached hydrogens (tertiary/aromatic N) is 4. The molecular weight excluding hydrogens is 359 g/mol. The third kappa shape index (κ3) is 2.84. The maximum absolute atomic E-state index is 13.8. The molecule has 2 aromatic heterocycles. The van der Waals surface area contributed by atoms with E-state index in [9.17, 15) is 4.39 Å². The number of halogens is 1. The van der Waals surface area contributed by atoms with E-state index in [-0.39, 0.29) is 17.9 Å². The van der Waals surface area contributed by atoms with Gasteiger partial charge in [-0.25, -0.2) is 4.39 Å². The molecule has 0 unspecified atom stereocenters. The molecule has 2 aliphatic heterocycles. The largest absolute Gasteiger partial charge is 0.339 e. The molecule has 0 N–H and O–H groups in total. The Hall–Kier alpha value is -2.60. The van der Waals surface area contributed by atoms with Crippen LogP contribution in [0.4, 0.5) is 4.39 Å². The van der Waals surface area contributed by atoms with Crippen LogP contribution >= 0.6 is 11.8 Å². The Kier molecular flexibility index (Phi) is 4.01. The SMILES string of the molecule is C[C@H]1CN2C(=N[C@@H](c3ccccn3)[C@@H]2c2cccn2-c2cccc(F)c2)S1. The molecule has 3 atom stereocenters. The quantitative estimate of drug-likeness (QED) is 0.668. The van der Waals surface area contributed by atoms with Gasteiger partial charge in [-0.3, -0.25) is 9.98 Å². The van der Waals surface area contributed by atoms with Gasteiger partial charge in [0.2, 0.25) is 0 Å². The van der Waals surface area contributed by atoms with Crippen molar-refractivity contribution in [2.75, 3.05) is 6.54 Å². The van der Waals surface area contributed by atoms with E-state index in [4.69, 9.17) is 4.99 Å². The molecule has 3 aromatic rings. The van der Waals surface area contributed by atoms with Crippen molar-refractivity contribution in [1.82, 2.24) is 14.5 Å². The summed E-state index contributed by atoms with van der Waals surface area (Å²) >= 11 is 1.82. The third-order valence-corrected chi connectivity index (χ3v) is 6.15. The summed E-state index contributed by atoms with van der Waals surface area (Å²) in [6.07, 6.45) is 3.81. The Morgan fingerprint density at radius 3 is 2.85 bits per heavy atom. The van der Waals surface area contributed by atoms with Gasteiger partial charge in [-0.15, -0.1) is 0 Å². The summed E-state index contributed by atoms with van der Waals surface area (Å²) in [7, 11) is 0. The summed E-state index contributed by atoms with van der Waals surface area (Å²) in [6, 6.07) is 16.8. The number of rotatable bonds is 3. The molecule has 4 nitrogen and oxygen atoms in total. The van der Waals surface area contributed by atoms with Gasteiger partial charge in [0.25, 0.3) is 0 Å². The summed E-state index contributed by atoms with van der Waals surface area (Å²) in [5, 5.41) is 1.59. The van der Waals surface area contributed by atoms with Gasteiger partial charge in [0.05, 0.1) is 11.7 Å². The summed E-state index contributed by atoms with van der Waals surface area (Å²) in [4.78, 5) is 12.0. The molecular formula is C21H19FN4S. The molecule has 0 amide bonds. The van der Waals surface area contributed by atoms with Crippen LogP contribution in [0.1, 0.15) is 30.4 Å². The highest BCUT2D eigenvalue weighted by Crippen LogP contribution is 2.47. The molecule has 0 aliphatic carbocycles. The number of pyridine rings is 1. The highest BCUT2D eigenvalue weighted by Gasteiger charge is 2.44. The smallest absolute Gasteiger partial charge is 0.160 e. The zero-order valence-corrected chi connectivity index (χ0v) is 15.7. The van der Waals surface area contributed by atoms with Crippen molar-refractivity contribution in [2.24, 2.45) is 4.99 Å². The van der Waals surface area contributed by atoms with E-state index in [1.165, 1.54) is 6.07 Å². The second-order valence-corrected chi connectivity index (χ2v) is 8.33. The van der Waals surface area contributed by atoms with Gasteiger partial charge in [-0.05, 0) is 42.5 Å². The number of amidine groups is 1. The molecule has 1 fully saturated rings. The minimum absolute atomic E-state index is 0.0469. The molecule has 4 heterocycles. The minimum Gasteiger partial charge on any atom is -0.339 e. The van der Waals surface area contributed by atoms with E-state index in [0.29, 0.717) is 5.25 Å². The molecule has 1 saturated heterocycles. The molecule has 0 radical (unpaired) electrons. The topological polar surface area (TPSA) is 33.4 Å². The fourth-order valence-corrected chi connectivity index (χ4v) is 5.03. The van der Waals surface area contributed by atoms with Crippen LogP contribution in [0, 0.1) is 5.82 Å². The Morgan fingerprint density at radius 1 is 1.11 bits per heavy atom. The van der Waals surface area contributed by atoms with Crippen LogP contribution in [0.3, 0.4) is 0 Å². The number of hydrogen-bond acceptors (Lipinski definition) is 4. The fourth-order valence-electron chi connectivity index (χ4n) is 3.93. The van der Waals surface area contributed by atoms with Crippen molar-refractivity contribution in [3.05, 3.63) is 84.2 Å². The number of hydrogen-bond donors (Lipinski definition) is 0. The number of aromatic nitrogens is 2. The first-order valence-electron chi connectivity index (χ1n) is 9.06. The van der Waals surface area contributed by atoms with Gasteiger partial charge in [-0.1, -0.05) is 30.8 Å². The lowest BCUT2D eigenvalue weighted by Gasteiger charge is -2.28. The molecule has 27 heavy (non-hydrogen) atoms. The number of benzene rings is 1. The maximum Gasteiger partial charge on any atom is 0.160 e. The van der Waals surface area contributed by atoms with E-state index in [0.717, 1.165) is 28.8 Å². The normalized spacial score (nSPS) is 24.1. The average molecular weight is 378 g/mol. The fraction of sp³-hybridized carbons (Fsp3) is 0.238. The van der Waals surface area contributed by atoms with Gasteiger partial charge in [0.1, 0.15) is 11.9 Å². The first-order chi connectivity index (χ1) is 13.2. The Labute approximate surface area is 161 Å². The monoisotopic (exact) mass is 378 g/mol. The predicted octanol–water partition coefficient (Wildman–Crippen LogP) is 4.60. The van der Waals surface area contributed by atoms with Crippen LogP contribution in [0.2, 0.25) is 0 Å². The number of fused-ring (bicyclic) bond motifs is 1. The van der Waals surface area contributed by atoms with E-state index < -0.39 is 0 Å². The lowest BCUT2D eigenvalue weighted by molar-refractivity contribution is 0.312. The predicted molar refractivity (Wildman–Crippen MR) is 107 cm³/mol. The van der Waals surface area contributed by atoms with Gasteiger partial charge >= 0.3 is 0 Å². The van der Waals surface area contributed by atoms with Gasteiger partial charge < -0.3 is 9.47 Å². The lowest BCUT2D eigenvalue weighted by Crippen LogP contribution is -2.30. The van der Waals surface area contributed by atoms with Crippen molar-refractivity contribution in [2.45, 2.75) is 24.3 Å². The number of thioether (sulfide) groups is 1. The van der Waals surface area contributed by atoms with Crippen LogP contribution in [-0.2, 0) is 0 Å². The highest BCUT2D eigenvalue weighted by atomic mass is 32.2. The molecule has 0 spiro atoms. The Bertz CT molecular complexity index is 1000. The highest BCUT2D eigenvalue weighted by molar-refractivity contribution is 8.14. The third-order valence-electron chi connectivity index (χ3n) is 5.05. The second-order valence-electron chi connectivity index (χ2n) is 6.92. The van der Waals surface area contributed by atoms with Gasteiger partial charge in [0.15, 0.2) is 5.17 Å². The molecule has 6 heteroatoms. The van der Waals surface area contributed by atoms with E-state index in [1.807, 2.05) is 54.5 Å². The van der Waals surface area contributed by atoms with Crippen molar-refractivity contribution in [3.8, 4) is 5.69 Å². The molecule has 136 valence electrons. The Morgan fingerprint density at radius 2 is 2.04 bits per heavy atom. The van der Waals surface area contributed by atoms with Crippen LogP contribution in [0.25, 0.3) is 5.69 Å². The van der Waals surface area contributed by atoms with E-state index >= 15 is 0 Å². The molecule has 0 saturated carbocycles. The van der Waals surface area contributed by atoms with Crippen molar-refractivity contribution < 1.29 is 4.39 Å². The minimum atomic E-state index is -0.234. The molecule has 0 bridgehead atoms.